The fourth-order valence-corrected chi connectivity index (χ4v) is 1.68. The van der Waals surface area contributed by atoms with E-state index in [4.69, 9.17) is 14.3 Å². The van der Waals surface area contributed by atoms with E-state index in [9.17, 15) is 4.79 Å². The van der Waals surface area contributed by atoms with E-state index in [1.807, 2.05) is 6.92 Å². The van der Waals surface area contributed by atoms with Crippen LogP contribution < -0.4 is 4.74 Å². The molecule has 2 heterocycles. The second-order valence-corrected chi connectivity index (χ2v) is 3.45. The van der Waals surface area contributed by atoms with Crippen LogP contribution in [-0.4, -0.2) is 15.8 Å². The number of aromatic nitrogens is 1. The van der Waals surface area contributed by atoms with Crippen LogP contribution in [0.4, 0.5) is 4.79 Å². The molecule has 0 spiro atoms. The molecule has 0 saturated carbocycles. The third-order valence-corrected chi connectivity index (χ3v) is 2.27. The first kappa shape index (κ1) is 10.4. The molecule has 0 unspecified atom stereocenters. The van der Waals surface area contributed by atoms with Gasteiger partial charge in [0.2, 0.25) is 5.88 Å². The highest BCUT2D eigenvalue weighted by molar-refractivity contribution is 5.72. The number of hydrogen-bond donors (Lipinski definition) is 1. The summed E-state index contributed by atoms with van der Waals surface area (Å²) in [5.41, 5.74) is 1.56. The zero-order valence-corrected chi connectivity index (χ0v) is 8.93. The van der Waals surface area contributed by atoms with Gasteiger partial charge in [-0.25, -0.2) is 4.79 Å². The Morgan fingerprint density at radius 2 is 2.31 bits per heavy atom. The normalized spacial score (nSPS) is 10.4. The van der Waals surface area contributed by atoms with E-state index in [2.05, 4.69) is 0 Å². The first-order valence-corrected chi connectivity index (χ1v) is 4.70. The van der Waals surface area contributed by atoms with Crippen LogP contribution in [0.15, 0.2) is 29.0 Å². The molecule has 0 aliphatic rings. The summed E-state index contributed by atoms with van der Waals surface area (Å²) in [6.07, 6.45) is 1.98. The van der Waals surface area contributed by atoms with Gasteiger partial charge in [0.25, 0.3) is 0 Å². The number of carboxylic acid groups (broad SMARTS) is 1. The first-order chi connectivity index (χ1) is 7.59. The molecule has 5 heteroatoms. The Morgan fingerprint density at radius 3 is 2.88 bits per heavy atom. The van der Waals surface area contributed by atoms with Crippen LogP contribution in [0.1, 0.15) is 5.56 Å². The highest BCUT2D eigenvalue weighted by Gasteiger charge is 2.19. The lowest BCUT2D eigenvalue weighted by molar-refractivity contribution is 0.141. The highest BCUT2D eigenvalue weighted by atomic mass is 16.7. The van der Waals surface area contributed by atoms with E-state index < -0.39 is 6.16 Å². The van der Waals surface area contributed by atoms with Crippen LogP contribution >= 0.6 is 0 Å². The van der Waals surface area contributed by atoms with Crippen molar-refractivity contribution >= 4 is 6.16 Å². The molecule has 0 saturated heterocycles. The summed E-state index contributed by atoms with van der Waals surface area (Å²) in [4.78, 5) is 10.6. The van der Waals surface area contributed by atoms with Gasteiger partial charge in [0, 0.05) is 13.2 Å². The van der Waals surface area contributed by atoms with Crippen molar-refractivity contribution in [2.75, 3.05) is 0 Å². The summed E-state index contributed by atoms with van der Waals surface area (Å²) >= 11 is 0. The largest absolute Gasteiger partial charge is 0.512 e. The number of ether oxygens (including phenoxy) is 1. The highest BCUT2D eigenvalue weighted by Crippen LogP contribution is 2.34. The molecule has 2 rings (SSSR count). The maximum atomic E-state index is 10.6. The summed E-state index contributed by atoms with van der Waals surface area (Å²) in [6, 6.07) is 3.50. The van der Waals surface area contributed by atoms with Crippen LogP contribution in [0.3, 0.4) is 0 Å². The lowest BCUT2D eigenvalue weighted by Gasteiger charge is -2.03. The second-order valence-electron chi connectivity index (χ2n) is 3.45. The van der Waals surface area contributed by atoms with Crippen LogP contribution in [-0.2, 0) is 7.05 Å². The van der Waals surface area contributed by atoms with Crippen molar-refractivity contribution in [2.45, 2.75) is 6.92 Å². The summed E-state index contributed by atoms with van der Waals surface area (Å²) in [7, 11) is 1.72. The molecule has 0 radical (unpaired) electrons. The molecule has 0 aliphatic carbocycles. The van der Waals surface area contributed by atoms with Crippen molar-refractivity contribution < 1.29 is 19.1 Å². The minimum atomic E-state index is -1.34. The van der Waals surface area contributed by atoms with Crippen molar-refractivity contribution in [3.63, 3.8) is 0 Å². The van der Waals surface area contributed by atoms with E-state index in [-0.39, 0.29) is 5.88 Å². The van der Waals surface area contributed by atoms with Crippen LogP contribution in [0, 0.1) is 6.92 Å². The Balaban J connectivity index is 2.55. The fraction of sp³-hybridized carbons (Fsp3) is 0.182. The molecule has 2 aromatic rings. The van der Waals surface area contributed by atoms with E-state index >= 15 is 0 Å². The predicted octanol–water partition coefficient (Wildman–Crippen LogP) is 2.65. The number of furan rings is 1. The molecule has 16 heavy (non-hydrogen) atoms. The van der Waals surface area contributed by atoms with Gasteiger partial charge in [0.1, 0.15) is 5.76 Å². The van der Waals surface area contributed by atoms with Crippen LogP contribution in [0.5, 0.6) is 5.88 Å². The summed E-state index contributed by atoms with van der Waals surface area (Å²) < 4.78 is 11.6. The van der Waals surface area contributed by atoms with Gasteiger partial charge >= 0.3 is 6.16 Å². The molecule has 0 atom stereocenters. The SMILES string of the molecule is Cc1cn(C)c(OC(=O)O)c1-c1ccco1. The zero-order valence-electron chi connectivity index (χ0n) is 8.93. The summed E-state index contributed by atoms with van der Waals surface area (Å²) in [5.74, 6) is 0.856. The molecule has 5 nitrogen and oxygen atoms in total. The third-order valence-electron chi connectivity index (χ3n) is 2.27. The molecule has 0 aliphatic heterocycles. The number of nitrogens with zero attached hydrogens (tertiary/aromatic N) is 1. The van der Waals surface area contributed by atoms with Gasteiger partial charge in [-0.2, -0.15) is 0 Å². The Bertz CT molecular complexity index is 510. The predicted molar refractivity (Wildman–Crippen MR) is 56.5 cm³/mol. The molecular formula is C11H11NO4. The van der Waals surface area contributed by atoms with Gasteiger partial charge in [-0.05, 0) is 24.6 Å². The lowest BCUT2D eigenvalue weighted by Crippen LogP contribution is -2.06. The Morgan fingerprint density at radius 1 is 1.56 bits per heavy atom. The van der Waals surface area contributed by atoms with Gasteiger partial charge in [-0.15, -0.1) is 0 Å². The van der Waals surface area contributed by atoms with Crippen molar-refractivity contribution in [3.8, 4) is 17.2 Å². The minimum absolute atomic E-state index is 0.264. The van der Waals surface area contributed by atoms with E-state index in [1.165, 1.54) is 6.26 Å². The summed E-state index contributed by atoms with van der Waals surface area (Å²) in [6.45, 7) is 1.87. The van der Waals surface area contributed by atoms with Crippen molar-refractivity contribution in [3.05, 3.63) is 30.2 Å². The summed E-state index contributed by atoms with van der Waals surface area (Å²) in [5, 5.41) is 8.66. The molecule has 1 N–H and O–H groups in total. The maximum Gasteiger partial charge on any atom is 0.512 e. The minimum Gasteiger partial charge on any atom is -0.464 e. The number of carbonyl (C=O) groups is 1. The second kappa shape index (κ2) is 3.77. The molecule has 84 valence electrons. The van der Waals surface area contributed by atoms with Crippen molar-refractivity contribution in [2.24, 2.45) is 7.05 Å². The molecule has 0 fully saturated rings. The monoisotopic (exact) mass is 221 g/mol. The molecule has 0 aromatic carbocycles. The molecule has 0 bridgehead atoms. The van der Waals surface area contributed by atoms with Gasteiger partial charge in [0.05, 0.1) is 11.8 Å². The van der Waals surface area contributed by atoms with Crippen LogP contribution in [0.25, 0.3) is 11.3 Å². The quantitative estimate of drug-likeness (QED) is 0.792. The van der Waals surface area contributed by atoms with Gasteiger partial charge < -0.3 is 18.8 Å². The average Bonchev–Trinajstić information content (AvgIpc) is 2.75. The molecule has 0 amide bonds. The maximum absolute atomic E-state index is 10.6. The van der Waals surface area contributed by atoms with E-state index in [0.29, 0.717) is 11.3 Å². The Labute approximate surface area is 91.9 Å². The standard InChI is InChI=1S/C11H11NO4/c1-7-6-12(2)10(16-11(13)14)9(7)8-4-3-5-15-8/h3-6H,1-2H3,(H,13,14). The smallest absolute Gasteiger partial charge is 0.464 e. The number of hydrogen-bond acceptors (Lipinski definition) is 3. The fourth-order valence-electron chi connectivity index (χ4n) is 1.68. The number of aryl methyl sites for hydroxylation is 2. The average molecular weight is 221 g/mol. The molecule has 2 aromatic heterocycles. The van der Waals surface area contributed by atoms with E-state index in [0.717, 1.165) is 5.56 Å². The zero-order chi connectivity index (χ0) is 11.7. The van der Waals surface area contributed by atoms with Crippen LogP contribution in [0.2, 0.25) is 0 Å². The van der Waals surface area contributed by atoms with Gasteiger partial charge in [-0.3, -0.25) is 0 Å². The van der Waals surface area contributed by atoms with Crippen molar-refractivity contribution in [1.82, 2.24) is 4.57 Å². The van der Waals surface area contributed by atoms with Crippen molar-refractivity contribution in [1.29, 1.82) is 0 Å². The topological polar surface area (TPSA) is 64.6 Å². The Kier molecular flexibility index (Phi) is 2.44. The third kappa shape index (κ3) is 1.67. The lowest BCUT2D eigenvalue weighted by atomic mass is 10.2. The van der Waals surface area contributed by atoms with Gasteiger partial charge in [-0.1, -0.05) is 0 Å². The van der Waals surface area contributed by atoms with E-state index in [1.54, 1.807) is 29.9 Å². The Hall–Kier alpha value is -2.17. The number of rotatable bonds is 2. The van der Waals surface area contributed by atoms with Gasteiger partial charge in [0.15, 0.2) is 0 Å². The molecular weight excluding hydrogens is 210 g/mol. The first-order valence-electron chi connectivity index (χ1n) is 4.70.